The van der Waals surface area contributed by atoms with Crippen LogP contribution < -0.4 is 0 Å². The van der Waals surface area contributed by atoms with Crippen molar-refractivity contribution in [1.29, 1.82) is 0 Å². The van der Waals surface area contributed by atoms with E-state index >= 15 is 0 Å². The lowest BCUT2D eigenvalue weighted by Crippen LogP contribution is -2.23. The molecule has 0 spiro atoms. The van der Waals surface area contributed by atoms with Gasteiger partial charge in [0.05, 0.1) is 13.2 Å². The summed E-state index contributed by atoms with van der Waals surface area (Å²) in [5.74, 6) is 0. The minimum Gasteiger partial charge on any atom is -0.326 e. The van der Waals surface area contributed by atoms with E-state index in [-0.39, 0.29) is 5.41 Å². The van der Waals surface area contributed by atoms with Gasteiger partial charge in [0.25, 0.3) is 15.5 Å². The van der Waals surface area contributed by atoms with Crippen molar-refractivity contribution in [2.75, 3.05) is 27.4 Å². The Hall–Kier alpha value is 1.28. The van der Waals surface area contributed by atoms with Crippen molar-refractivity contribution < 1.29 is 18.1 Å². The molecule has 0 N–H and O–H groups in total. The molecular formula is C7H16Cl2O4P2. The fraction of sp³-hybridized carbons (Fsp3) is 1.00. The highest BCUT2D eigenvalue weighted by atomic mass is 35.7. The molecule has 0 fully saturated rings. The van der Waals surface area contributed by atoms with Crippen LogP contribution in [-0.2, 0) is 18.1 Å². The summed E-state index contributed by atoms with van der Waals surface area (Å²) >= 11 is 11.4. The Labute approximate surface area is 103 Å². The molecule has 0 aliphatic heterocycles. The predicted molar refractivity (Wildman–Crippen MR) is 65.2 cm³/mol. The molecule has 8 heteroatoms. The molecule has 0 radical (unpaired) electrons. The fourth-order valence-electron chi connectivity index (χ4n) is 0.598. The number of hydrogen-bond acceptors (Lipinski definition) is 4. The van der Waals surface area contributed by atoms with Crippen LogP contribution >= 0.6 is 37.9 Å². The minimum absolute atomic E-state index is 0.179. The maximum atomic E-state index is 5.69. The first-order valence-corrected chi connectivity index (χ1v) is 8.33. The van der Waals surface area contributed by atoms with E-state index in [0.717, 1.165) is 0 Å². The molecule has 0 aromatic carbocycles. The van der Waals surface area contributed by atoms with E-state index in [1.165, 1.54) is 14.2 Å². The van der Waals surface area contributed by atoms with E-state index in [1.54, 1.807) is 0 Å². The van der Waals surface area contributed by atoms with Crippen LogP contribution in [-0.4, -0.2) is 27.4 Å². The van der Waals surface area contributed by atoms with E-state index in [2.05, 4.69) is 0 Å². The standard InChI is InChI=1S/C7H16Cl2O4P2/c1-7(2,5-12-14(8)10-3)6-13-15(9)11-4/h5-6H2,1-4H3. The molecule has 0 aromatic heterocycles. The largest absolute Gasteiger partial charge is 0.326 e. The SMILES string of the molecule is COP(Cl)OCC(C)(C)COP(Cl)OC. The van der Waals surface area contributed by atoms with Gasteiger partial charge >= 0.3 is 0 Å². The number of hydrogen-bond donors (Lipinski definition) is 0. The molecule has 0 bridgehead atoms. The quantitative estimate of drug-likeness (QED) is 0.627. The van der Waals surface area contributed by atoms with Crippen molar-refractivity contribution in [3.63, 3.8) is 0 Å². The van der Waals surface area contributed by atoms with Crippen LogP contribution in [0.5, 0.6) is 0 Å². The first-order valence-electron chi connectivity index (χ1n) is 4.17. The zero-order chi connectivity index (χ0) is 11.9. The van der Waals surface area contributed by atoms with Crippen molar-refractivity contribution in [3.8, 4) is 0 Å². The van der Waals surface area contributed by atoms with Gasteiger partial charge in [-0.1, -0.05) is 13.8 Å². The topological polar surface area (TPSA) is 36.9 Å². The molecule has 4 nitrogen and oxygen atoms in total. The van der Waals surface area contributed by atoms with Crippen LogP contribution in [0.15, 0.2) is 0 Å². The van der Waals surface area contributed by atoms with Crippen LogP contribution in [0, 0.1) is 5.41 Å². The third kappa shape index (κ3) is 9.02. The summed E-state index contributed by atoms with van der Waals surface area (Å²) < 4.78 is 20.2. The maximum absolute atomic E-state index is 5.69. The molecule has 0 heterocycles. The van der Waals surface area contributed by atoms with Crippen LogP contribution in [0.3, 0.4) is 0 Å². The molecule has 0 saturated heterocycles. The molecule has 15 heavy (non-hydrogen) atoms. The number of rotatable bonds is 8. The normalized spacial score (nSPS) is 16.4. The second kappa shape index (κ2) is 8.38. The molecule has 92 valence electrons. The summed E-state index contributed by atoms with van der Waals surface area (Å²) in [6, 6.07) is 0. The Morgan fingerprint density at radius 1 is 0.933 bits per heavy atom. The smallest absolute Gasteiger partial charge is 0.276 e. The van der Waals surface area contributed by atoms with E-state index in [0.29, 0.717) is 13.2 Å². The zero-order valence-corrected chi connectivity index (χ0v) is 12.5. The van der Waals surface area contributed by atoms with E-state index in [9.17, 15) is 0 Å². The Bertz CT molecular complexity index is 157. The fourth-order valence-corrected chi connectivity index (χ4v) is 2.00. The molecule has 0 saturated carbocycles. The zero-order valence-electron chi connectivity index (χ0n) is 9.20. The van der Waals surface area contributed by atoms with Gasteiger partial charge in [0, 0.05) is 19.6 Å². The third-order valence-electron chi connectivity index (χ3n) is 1.40. The summed E-state index contributed by atoms with van der Waals surface area (Å²) in [6.07, 6.45) is 0. The molecular weight excluding hydrogens is 281 g/mol. The van der Waals surface area contributed by atoms with Crippen LogP contribution in [0.1, 0.15) is 13.8 Å². The van der Waals surface area contributed by atoms with Gasteiger partial charge in [-0.2, -0.15) is 0 Å². The highest BCUT2D eigenvalue weighted by Crippen LogP contribution is 2.46. The van der Waals surface area contributed by atoms with Gasteiger partial charge in [-0.25, -0.2) is 0 Å². The van der Waals surface area contributed by atoms with Gasteiger partial charge in [-0.15, -0.1) is 0 Å². The monoisotopic (exact) mass is 296 g/mol. The maximum Gasteiger partial charge on any atom is 0.276 e. The Balaban J connectivity index is 3.75. The van der Waals surface area contributed by atoms with Crippen molar-refractivity contribution in [2.24, 2.45) is 5.41 Å². The first-order chi connectivity index (χ1) is 6.91. The Kier molecular flexibility index (Phi) is 9.10. The van der Waals surface area contributed by atoms with Gasteiger partial charge in [-0.3, -0.25) is 0 Å². The van der Waals surface area contributed by atoms with E-state index in [4.69, 9.17) is 40.6 Å². The third-order valence-corrected chi connectivity index (χ3v) is 4.05. The average Bonchev–Trinajstić information content (AvgIpc) is 2.22. The van der Waals surface area contributed by atoms with Gasteiger partial charge in [0.1, 0.15) is 0 Å². The van der Waals surface area contributed by atoms with Crippen molar-refractivity contribution >= 4 is 37.9 Å². The molecule has 0 aliphatic rings. The predicted octanol–water partition coefficient (Wildman–Crippen LogP) is 4.27. The summed E-state index contributed by atoms with van der Waals surface area (Å²) in [6.45, 7) is 4.86. The van der Waals surface area contributed by atoms with Crippen LogP contribution in [0.25, 0.3) is 0 Å². The second-order valence-corrected chi connectivity index (χ2v) is 7.25. The second-order valence-electron chi connectivity index (χ2n) is 3.50. The summed E-state index contributed by atoms with van der Waals surface area (Å²) in [5, 5.41) is 0. The van der Waals surface area contributed by atoms with Gasteiger partial charge in [0.15, 0.2) is 0 Å². The lowest BCUT2D eigenvalue weighted by atomic mass is 9.97. The minimum atomic E-state index is -1.31. The summed E-state index contributed by atoms with van der Waals surface area (Å²) in [7, 11) is 0.381. The van der Waals surface area contributed by atoms with Crippen LogP contribution in [0.4, 0.5) is 0 Å². The van der Waals surface area contributed by atoms with Gasteiger partial charge < -0.3 is 18.1 Å². The summed E-state index contributed by atoms with van der Waals surface area (Å²) in [5.41, 5.74) is -0.179. The molecule has 0 aromatic rings. The Morgan fingerprint density at radius 3 is 1.53 bits per heavy atom. The average molecular weight is 297 g/mol. The number of halogens is 2. The van der Waals surface area contributed by atoms with Crippen LogP contribution in [0.2, 0.25) is 0 Å². The van der Waals surface area contributed by atoms with E-state index < -0.39 is 15.5 Å². The highest BCUT2D eigenvalue weighted by molar-refractivity contribution is 7.76. The van der Waals surface area contributed by atoms with Gasteiger partial charge in [0.2, 0.25) is 0 Å². The van der Waals surface area contributed by atoms with Crippen molar-refractivity contribution in [3.05, 3.63) is 0 Å². The molecule has 2 atom stereocenters. The lowest BCUT2D eigenvalue weighted by Gasteiger charge is -2.25. The van der Waals surface area contributed by atoms with Crippen molar-refractivity contribution in [2.45, 2.75) is 13.8 Å². The lowest BCUT2D eigenvalue weighted by molar-refractivity contribution is 0.112. The molecule has 2 unspecified atom stereocenters. The van der Waals surface area contributed by atoms with Crippen molar-refractivity contribution in [1.82, 2.24) is 0 Å². The summed E-state index contributed by atoms with van der Waals surface area (Å²) in [4.78, 5) is 0. The molecule has 0 aliphatic carbocycles. The molecule has 0 rings (SSSR count). The first kappa shape index (κ1) is 16.3. The highest BCUT2D eigenvalue weighted by Gasteiger charge is 2.22. The Morgan fingerprint density at radius 2 is 1.27 bits per heavy atom. The van der Waals surface area contributed by atoms with E-state index in [1.807, 2.05) is 13.8 Å². The molecule has 0 amide bonds. The van der Waals surface area contributed by atoms with Gasteiger partial charge in [-0.05, 0) is 22.5 Å².